The summed E-state index contributed by atoms with van der Waals surface area (Å²) < 4.78 is 15.6. The van der Waals surface area contributed by atoms with Crippen molar-refractivity contribution in [3.8, 4) is 5.75 Å². The molecule has 2 N–H and O–H groups in total. The van der Waals surface area contributed by atoms with Crippen LogP contribution in [0.5, 0.6) is 5.75 Å². The molecule has 0 aliphatic rings. The Hall–Kier alpha value is -1.17. The molecule has 17 heavy (non-hydrogen) atoms. The minimum Gasteiger partial charge on any atom is -0.490 e. The van der Waals surface area contributed by atoms with Crippen molar-refractivity contribution >= 4 is 0 Å². The van der Waals surface area contributed by atoms with Crippen molar-refractivity contribution in [3.63, 3.8) is 0 Å². The maximum Gasteiger partial charge on any atom is 0.137 e. The molecule has 0 aliphatic carbocycles. The van der Waals surface area contributed by atoms with Gasteiger partial charge in [-0.25, -0.2) is 0 Å². The zero-order valence-corrected chi connectivity index (χ0v) is 10.2. The van der Waals surface area contributed by atoms with E-state index in [0.29, 0.717) is 33.0 Å². The number of methoxy groups -OCH3 is 1. The molecule has 0 saturated carbocycles. The van der Waals surface area contributed by atoms with Gasteiger partial charge in [0, 0.05) is 19.2 Å². The number of nitrogens with two attached hydrogens (primary N) is 1. The number of nitrogens with zero attached hydrogens (tertiary/aromatic N) is 1. The summed E-state index contributed by atoms with van der Waals surface area (Å²) in [5.74, 6) is 0.751. The third kappa shape index (κ3) is 6.21. The van der Waals surface area contributed by atoms with Crippen LogP contribution in [0.2, 0.25) is 0 Å². The second-order valence-electron chi connectivity index (χ2n) is 3.48. The zero-order valence-electron chi connectivity index (χ0n) is 10.2. The lowest BCUT2D eigenvalue weighted by Crippen LogP contribution is -2.10. The van der Waals surface area contributed by atoms with Crippen LogP contribution in [0.25, 0.3) is 0 Å². The average Bonchev–Trinajstić information content (AvgIpc) is 2.36. The van der Waals surface area contributed by atoms with Gasteiger partial charge in [0.25, 0.3) is 0 Å². The Balaban J connectivity index is 2.14. The molecule has 0 amide bonds. The fourth-order valence-corrected chi connectivity index (χ4v) is 1.25. The SMILES string of the molecule is COCCOCCOc1ccc(CCN)nc1. The molecule has 0 aromatic carbocycles. The van der Waals surface area contributed by atoms with Crippen molar-refractivity contribution in [2.24, 2.45) is 5.73 Å². The predicted molar refractivity (Wildman–Crippen MR) is 65.2 cm³/mol. The Morgan fingerprint density at radius 1 is 1.18 bits per heavy atom. The molecule has 0 saturated heterocycles. The van der Waals surface area contributed by atoms with Crippen LogP contribution in [0.1, 0.15) is 5.69 Å². The third-order valence-electron chi connectivity index (χ3n) is 2.13. The second kappa shape index (κ2) is 8.92. The standard InChI is InChI=1S/C12H20N2O3/c1-15-6-7-16-8-9-17-12-3-2-11(4-5-13)14-10-12/h2-3,10H,4-9,13H2,1H3. The number of aromatic nitrogens is 1. The summed E-state index contributed by atoms with van der Waals surface area (Å²) in [5, 5.41) is 0. The molecule has 0 fully saturated rings. The van der Waals surface area contributed by atoms with E-state index in [1.165, 1.54) is 0 Å². The first kappa shape index (κ1) is 13.9. The Morgan fingerprint density at radius 3 is 2.65 bits per heavy atom. The maximum atomic E-state index is 5.46. The van der Waals surface area contributed by atoms with E-state index in [-0.39, 0.29) is 0 Å². The minimum atomic E-state index is 0.516. The highest BCUT2D eigenvalue weighted by atomic mass is 16.5. The van der Waals surface area contributed by atoms with Crippen LogP contribution in [-0.2, 0) is 15.9 Å². The summed E-state index contributed by atoms with van der Waals surface area (Å²) in [5.41, 5.74) is 6.42. The first-order chi connectivity index (χ1) is 8.36. The number of ether oxygens (including phenoxy) is 3. The number of hydrogen-bond donors (Lipinski definition) is 1. The van der Waals surface area contributed by atoms with Crippen molar-refractivity contribution in [1.82, 2.24) is 4.98 Å². The monoisotopic (exact) mass is 240 g/mol. The largest absolute Gasteiger partial charge is 0.490 e. The fraction of sp³-hybridized carbons (Fsp3) is 0.583. The van der Waals surface area contributed by atoms with Crippen LogP contribution in [0.4, 0.5) is 0 Å². The Bertz CT molecular complexity index is 290. The van der Waals surface area contributed by atoms with Crippen molar-refractivity contribution in [2.45, 2.75) is 6.42 Å². The molecular formula is C12H20N2O3. The van der Waals surface area contributed by atoms with Crippen LogP contribution in [0.3, 0.4) is 0 Å². The number of rotatable bonds is 9. The molecule has 0 atom stereocenters. The van der Waals surface area contributed by atoms with Crippen LogP contribution < -0.4 is 10.5 Å². The van der Waals surface area contributed by atoms with E-state index in [9.17, 15) is 0 Å². The van der Waals surface area contributed by atoms with E-state index in [1.807, 2.05) is 12.1 Å². The van der Waals surface area contributed by atoms with Crippen molar-refractivity contribution < 1.29 is 14.2 Å². The van der Waals surface area contributed by atoms with Gasteiger partial charge in [-0.05, 0) is 18.7 Å². The summed E-state index contributed by atoms with van der Waals surface area (Å²) >= 11 is 0. The van der Waals surface area contributed by atoms with Gasteiger partial charge in [-0.2, -0.15) is 0 Å². The first-order valence-corrected chi connectivity index (χ1v) is 5.71. The lowest BCUT2D eigenvalue weighted by atomic mass is 10.3. The molecule has 1 heterocycles. The van der Waals surface area contributed by atoms with E-state index in [2.05, 4.69) is 4.98 Å². The molecule has 0 aliphatic heterocycles. The Morgan fingerprint density at radius 2 is 2.00 bits per heavy atom. The highest BCUT2D eigenvalue weighted by Gasteiger charge is 1.96. The Labute approximate surface area is 102 Å². The molecule has 5 heteroatoms. The van der Waals surface area contributed by atoms with Crippen LogP contribution >= 0.6 is 0 Å². The molecule has 96 valence electrons. The van der Waals surface area contributed by atoms with E-state index in [4.69, 9.17) is 19.9 Å². The molecule has 1 rings (SSSR count). The maximum absolute atomic E-state index is 5.46. The van der Waals surface area contributed by atoms with Crippen LogP contribution in [-0.4, -0.2) is 45.1 Å². The molecular weight excluding hydrogens is 220 g/mol. The fourth-order valence-electron chi connectivity index (χ4n) is 1.25. The summed E-state index contributed by atoms with van der Waals surface area (Å²) in [4.78, 5) is 4.23. The summed E-state index contributed by atoms with van der Waals surface area (Å²) in [6, 6.07) is 3.82. The topological polar surface area (TPSA) is 66.6 Å². The average molecular weight is 240 g/mol. The first-order valence-electron chi connectivity index (χ1n) is 5.71. The highest BCUT2D eigenvalue weighted by molar-refractivity contribution is 5.19. The van der Waals surface area contributed by atoms with E-state index in [0.717, 1.165) is 17.9 Å². The normalized spacial score (nSPS) is 10.5. The summed E-state index contributed by atoms with van der Waals surface area (Å²) in [7, 11) is 1.65. The molecule has 0 radical (unpaired) electrons. The molecule has 0 unspecified atom stereocenters. The van der Waals surface area contributed by atoms with Gasteiger partial charge >= 0.3 is 0 Å². The van der Waals surface area contributed by atoms with Crippen LogP contribution in [0.15, 0.2) is 18.3 Å². The molecule has 5 nitrogen and oxygen atoms in total. The summed E-state index contributed by atoms with van der Waals surface area (Å²) in [6.45, 7) is 2.87. The van der Waals surface area contributed by atoms with Gasteiger partial charge in [0.1, 0.15) is 12.4 Å². The lowest BCUT2D eigenvalue weighted by molar-refractivity contribution is 0.0543. The number of hydrogen-bond acceptors (Lipinski definition) is 5. The van der Waals surface area contributed by atoms with Crippen molar-refractivity contribution in [3.05, 3.63) is 24.0 Å². The van der Waals surface area contributed by atoms with E-state index >= 15 is 0 Å². The molecule has 1 aromatic rings. The summed E-state index contributed by atoms with van der Waals surface area (Å²) in [6.07, 6.45) is 2.50. The third-order valence-corrected chi connectivity index (χ3v) is 2.13. The van der Waals surface area contributed by atoms with Crippen molar-refractivity contribution in [2.75, 3.05) is 40.1 Å². The molecule has 0 bridgehead atoms. The van der Waals surface area contributed by atoms with E-state index < -0.39 is 0 Å². The van der Waals surface area contributed by atoms with Gasteiger partial charge in [-0.3, -0.25) is 4.98 Å². The van der Waals surface area contributed by atoms with Crippen LogP contribution in [0, 0.1) is 0 Å². The quantitative estimate of drug-likeness (QED) is 0.641. The molecule has 0 spiro atoms. The predicted octanol–water partition coefficient (Wildman–Crippen LogP) is 0.625. The smallest absolute Gasteiger partial charge is 0.137 e. The van der Waals surface area contributed by atoms with Gasteiger partial charge in [0.05, 0.1) is 26.0 Å². The van der Waals surface area contributed by atoms with Gasteiger partial charge in [-0.15, -0.1) is 0 Å². The minimum absolute atomic E-state index is 0.516. The highest BCUT2D eigenvalue weighted by Crippen LogP contribution is 2.08. The zero-order chi connectivity index (χ0) is 12.3. The number of pyridine rings is 1. The lowest BCUT2D eigenvalue weighted by Gasteiger charge is -2.07. The van der Waals surface area contributed by atoms with Gasteiger partial charge in [0.15, 0.2) is 0 Å². The Kier molecular flexibility index (Phi) is 7.29. The van der Waals surface area contributed by atoms with E-state index in [1.54, 1.807) is 13.3 Å². The van der Waals surface area contributed by atoms with Gasteiger partial charge in [0.2, 0.25) is 0 Å². The van der Waals surface area contributed by atoms with Gasteiger partial charge < -0.3 is 19.9 Å². The van der Waals surface area contributed by atoms with Gasteiger partial charge in [-0.1, -0.05) is 0 Å². The molecule has 1 aromatic heterocycles. The second-order valence-corrected chi connectivity index (χ2v) is 3.48. The van der Waals surface area contributed by atoms with Crippen molar-refractivity contribution in [1.29, 1.82) is 0 Å².